The summed E-state index contributed by atoms with van der Waals surface area (Å²) in [6.07, 6.45) is 6.21. The number of hydrogen-bond acceptors (Lipinski definition) is 5. The number of nitrogens with zero attached hydrogens (tertiary/aromatic N) is 1. The number of hydrogen-bond donors (Lipinski definition) is 1. The van der Waals surface area contributed by atoms with E-state index in [0.29, 0.717) is 37.4 Å². The van der Waals surface area contributed by atoms with Gasteiger partial charge in [0.15, 0.2) is 0 Å². The third kappa shape index (κ3) is 8.79. The van der Waals surface area contributed by atoms with Gasteiger partial charge in [0, 0.05) is 30.6 Å². The molecule has 1 aromatic rings. The van der Waals surface area contributed by atoms with Gasteiger partial charge in [-0.1, -0.05) is 19.3 Å². The van der Waals surface area contributed by atoms with Crippen molar-refractivity contribution in [1.82, 2.24) is 10.3 Å². The summed E-state index contributed by atoms with van der Waals surface area (Å²) in [7, 11) is 0. The van der Waals surface area contributed by atoms with Crippen LogP contribution >= 0.6 is 0 Å². The molecule has 0 radical (unpaired) electrons. The maximum Gasteiger partial charge on any atom is 0.384 e. The molecule has 0 saturated carbocycles. The number of esters is 1. The third-order valence-electron chi connectivity index (χ3n) is 2.97. The summed E-state index contributed by atoms with van der Waals surface area (Å²) in [5, 5.41) is 2.86. The summed E-state index contributed by atoms with van der Waals surface area (Å²) in [6.45, 7) is 5.23. The maximum atomic E-state index is 11.5. The number of amides is 1. The van der Waals surface area contributed by atoms with E-state index in [1.807, 2.05) is 0 Å². The van der Waals surface area contributed by atoms with Gasteiger partial charge in [-0.3, -0.25) is 9.78 Å². The minimum Gasteiger partial charge on any atom is -0.492 e. The lowest BCUT2D eigenvalue weighted by molar-refractivity contribution is -0.136. The number of nitrogens with one attached hydrogen (secondary N) is 1. The quantitative estimate of drug-likeness (QED) is 0.425. The molecule has 0 spiro atoms. The van der Waals surface area contributed by atoms with E-state index < -0.39 is 5.97 Å². The minimum absolute atomic E-state index is 0.0410. The van der Waals surface area contributed by atoms with Crippen molar-refractivity contribution in [1.29, 1.82) is 0 Å². The molecule has 0 saturated heterocycles. The number of carbonyl (C=O) groups is 2. The molecule has 0 aliphatic rings. The first kappa shape index (κ1) is 19.5. The molecular formula is C18H24N2O4. The molecule has 1 rings (SSSR count). The molecule has 0 fully saturated rings. The Morgan fingerprint density at radius 3 is 2.83 bits per heavy atom. The van der Waals surface area contributed by atoms with Gasteiger partial charge >= 0.3 is 5.97 Å². The fourth-order valence-corrected chi connectivity index (χ4v) is 1.77. The molecule has 0 bridgehead atoms. The normalized spacial score (nSPS) is 9.58. The Balaban J connectivity index is 2.34. The fourth-order valence-electron chi connectivity index (χ4n) is 1.77. The molecule has 0 aliphatic heterocycles. The van der Waals surface area contributed by atoms with Gasteiger partial charge in [0.1, 0.15) is 5.75 Å². The zero-order valence-corrected chi connectivity index (χ0v) is 14.3. The van der Waals surface area contributed by atoms with E-state index in [1.54, 1.807) is 25.4 Å². The molecule has 6 nitrogen and oxygen atoms in total. The van der Waals surface area contributed by atoms with E-state index in [9.17, 15) is 9.59 Å². The summed E-state index contributed by atoms with van der Waals surface area (Å²) >= 11 is 0. The first-order valence-corrected chi connectivity index (χ1v) is 8.19. The van der Waals surface area contributed by atoms with E-state index >= 15 is 0 Å². The van der Waals surface area contributed by atoms with Crippen LogP contribution in [-0.4, -0.2) is 36.6 Å². The first-order valence-electron chi connectivity index (χ1n) is 8.19. The Kier molecular flexibility index (Phi) is 9.70. The second-order valence-electron chi connectivity index (χ2n) is 5.04. The van der Waals surface area contributed by atoms with E-state index in [-0.39, 0.29) is 5.91 Å². The van der Waals surface area contributed by atoms with E-state index in [2.05, 4.69) is 29.1 Å². The summed E-state index contributed by atoms with van der Waals surface area (Å²) < 4.78 is 10.3. The number of rotatable bonds is 9. The highest BCUT2D eigenvalue weighted by atomic mass is 16.5. The Hall–Kier alpha value is -2.55. The van der Waals surface area contributed by atoms with Crippen LogP contribution in [-0.2, 0) is 14.3 Å². The third-order valence-corrected chi connectivity index (χ3v) is 2.97. The zero-order valence-electron chi connectivity index (χ0n) is 14.3. The van der Waals surface area contributed by atoms with Crippen LogP contribution in [0.2, 0.25) is 0 Å². The second kappa shape index (κ2) is 11.9. The Morgan fingerprint density at radius 2 is 2.08 bits per heavy atom. The fraction of sp³-hybridized carbons (Fsp3) is 0.500. The van der Waals surface area contributed by atoms with Crippen molar-refractivity contribution in [3.63, 3.8) is 0 Å². The highest BCUT2D eigenvalue weighted by Crippen LogP contribution is 2.11. The van der Waals surface area contributed by atoms with Gasteiger partial charge in [-0.15, -0.1) is 0 Å². The molecule has 0 unspecified atom stereocenters. The monoisotopic (exact) mass is 332 g/mol. The van der Waals surface area contributed by atoms with Crippen LogP contribution in [0.25, 0.3) is 0 Å². The van der Waals surface area contributed by atoms with E-state index in [1.165, 1.54) is 0 Å². The van der Waals surface area contributed by atoms with Crippen LogP contribution in [0.1, 0.15) is 45.1 Å². The van der Waals surface area contributed by atoms with Crippen LogP contribution in [0.5, 0.6) is 5.75 Å². The molecule has 0 atom stereocenters. The standard InChI is InChI=1S/C18H24N2O4/c1-3-5-10-20-17(21)7-6-11-24-16-12-15(13-19-14-16)8-9-18(22)23-4-2/h12-14H,3-7,10-11H2,1-2H3,(H,20,21). The number of unbranched alkanes of at least 4 members (excludes halogenated alkanes) is 1. The predicted octanol–water partition coefficient (Wildman–Crippen LogP) is 2.07. The molecule has 0 aromatic carbocycles. The topological polar surface area (TPSA) is 77.5 Å². The minimum atomic E-state index is -0.571. The van der Waals surface area contributed by atoms with Crippen molar-refractivity contribution in [2.75, 3.05) is 19.8 Å². The lowest BCUT2D eigenvalue weighted by atomic mass is 10.2. The maximum absolute atomic E-state index is 11.5. The van der Waals surface area contributed by atoms with Gasteiger partial charge < -0.3 is 14.8 Å². The highest BCUT2D eigenvalue weighted by Gasteiger charge is 2.02. The zero-order chi connectivity index (χ0) is 17.6. The predicted molar refractivity (Wildman–Crippen MR) is 90.4 cm³/mol. The molecular weight excluding hydrogens is 308 g/mol. The SMILES string of the molecule is CCCCNC(=O)CCCOc1cncc(C#CC(=O)OCC)c1. The van der Waals surface area contributed by atoms with Crippen LogP contribution in [0.15, 0.2) is 18.5 Å². The smallest absolute Gasteiger partial charge is 0.384 e. The number of aromatic nitrogens is 1. The first-order chi connectivity index (χ1) is 11.7. The van der Waals surface area contributed by atoms with Crippen molar-refractivity contribution < 1.29 is 19.1 Å². The molecule has 0 aliphatic carbocycles. The highest BCUT2D eigenvalue weighted by molar-refractivity contribution is 5.89. The van der Waals surface area contributed by atoms with Crippen molar-refractivity contribution in [3.05, 3.63) is 24.0 Å². The van der Waals surface area contributed by atoms with Crippen molar-refractivity contribution >= 4 is 11.9 Å². The molecule has 1 amide bonds. The lowest BCUT2D eigenvalue weighted by Crippen LogP contribution is -2.24. The number of pyridine rings is 1. The van der Waals surface area contributed by atoms with E-state index in [0.717, 1.165) is 19.4 Å². The average Bonchev–Trinajstić information content (AvgIpc) is 2.58. The van der Waals surface area contributed by atoms with Gasteiger partial charge in [-0.25, -0.2) is 4.79 Å². The van der Waals surface area contributed by atoms with Crippen LogP contribution in [0.4, 0.5) is 0 Å². The Labute approximate surface area is 142 Å². The molecule has 6 heteroatoms. The van der Waals surface area contributed by atoms with E-state index in [4.69, 9.17) is 9.47 Å². The summed E-state index contributed by atoms with van der Waals surface area (Å²) in [4.78, 5) is 26.7. The molecule has 1 aromatic heterocycles. The molecule has 1 heterocycles. The van der Waals surface area contributed by atoms with Crippen molar-refractivity contribution in [3.8, 4) is 17.6 Å². The van der Waals surface area contributed by atoms with Crippen LogP contribution < -0.4 is 10.1 Å². The van der Waals surface area contributed by atoms with Crippen LogP contribution in [0.3, 0.4) is 0 Å². The van der Waals surface area contributed by atoms with Crippen molar-refractivity contribution in [2.24, 2.45) is 0 Å². The Bertz CT molecular complexity index is 590. The van der Waals surface area contributed by atoms with Gasteiger partial charge in [-0.05, 0) is 25.8 Å². The molecule has 1 N–H and O–H groups in total. The second-order valence-corrected chi connectivity index (χ2v) is 5.04. The lowest BCUT2D eigenvalue weighted by Gasteiger charge is -2.06. The summed E-state index contributed by atoms with van der Waals surface area (Å²) in [5.74, 6) is 5.07. The summed E-state index contributed by atoms with van der Waals surface area (Å²) in [5.41, 5.74) is 0.567. The molecule has 130 valence electrons. The summed E-state index contributed by atoms with van der Waals surface area (Å²) in [6, 6.07) is 1.69. The molecule has 24 heavy (non-hydrogen) atoms. The number of carbonyl (C=O) groups excluding carboxylic acids is 2. The van der Waals surface area contributed by atoms with Crippen LogP contribution in [0, 0.1) is 11.8 Å². The van der Waals surface area contributed by atoms with Gasteiger partial charge in [0.25, 0.3) is 0 Å². The van der Waals surface area contributed by atoms with Gasteiger partial charge in [-0.2, -0.15) is 0 Å². The van der Waals surface area contributed by atoms with Gasteiger partial charge in [0.2, 0.25) is 5.91 Å². The van der Waals surface area contributed by atoms with Crippen molar-refractivity contribution in [2.45, 2.75) is 39.5 Å². The largest absolute Gasteiger partial charge is 0.492 e. The average molecular weight is 332 g/mol. The number of ether oxygens (including phenoxy) is 2. The Morgan fingerprint density at radius 1 is 1.25 bits per heavy atom. The van der Waals surface area contributed by atoms with Gasteiger partial charge in [0.05, 0.1) is 19.4 Å².